The summed E-state index contributed by atoms with van der Waals surface area (Å²) in [5.74, 6) is -0.826. The fraction of sp³-hybridized carbons (Fsp3) is 0.467. The lowest BCUT2D eigenvalue weighted by Gasteiger charge is -2.11. The van der Waals surface area contributed by atoms with Crippen LogP contribution in [0.2, 0.25) is 0 Å². The molecule has 0 fully saturated rings. The first-order chi connectivity index (χ1) is 8.86. The fourth-order valence-electron chi connectivity index (χ4n) is 2.00. The van der Waals surface area contributed by atoms with Crippen LogP contribution in [0.15, 0.2) is 11.6 Å². The Kier molecular flexibility index (Phi) is 4.94. The molecule has 102 valence electrons. The van der Waals surface area contributed by atoms with Gasteiger partial charge in [-0.2, -0.15) is 5.26 Å². The van der Waals surface area contributed by atoms with Gasteiger partial charge < -0.3 is 14.5 Å². The number of aryl methyl sites for hydroxylation is 1. The second-order valence-corrected chi connectivity index (χ2v) is 5.12. The van der Waals surface area contributed by atoms with Crippen LogP contribution in [0, 0.1) is 31.1 Å². The van der Waals surface area contributed by atoms with Crippen LogP contribution in [-0.2, 0) is 11.3 Å². The molecule has 1 aromatic heterocycles. The predicted molar refractivity (Wildman–Crippen MR) is 72.0 cm³/mol. The van der Waals surface area contributed by atoms with E-state index >= 15 is 0 Å². The molecule has 0 atom stereocenters. The van der Waals surface area contributed by atoms with E-state index in [9.17, 15) is 9.90 Å². The highest BCUT2D eigenvalue weighted by atomic mass is 16.4. The van der Waals surface area contributed by atoms with E-state index in [-0.39, 0.29) is 5.57 Å². The van der Waals surface area contributed by atoms with Gasteiger partial charge in [-0.05, 0) is 43.9 Å². The third-order valence-electron chi connectivity index (χ3n) is 3.18. The Morgan fingerprint density at radius 2 is 2.16 bits per heavy atom. The van der Waals surface area contributed by atoms with Crippen LogP contribution in [0.25, 0.3) is 6.08 Å². The van der Waals surface area contributed by atoms with Gasteiger partial charge in [0.15, 0.2) is 0 Å². The van der Waals surface area contributed by atoms with Gasteiger partial charge in [0.25, 0.3) is 0 Å². The Morgan fingerprint density at radius 1 is 1.53 bits per heavy atom. The van der Waals surface area contributed by atoms with Crippen LogP contribution in [-0.4, -0.2) is 10.5 Å². The zero-order chi connectivity index (χ0) is 14.6. The van der Waals surface area contributed by atoms with E-state index < -0.39 is 5.97 Å². The number of carbonyl (C=O) groups excluding carboxylic acids is 1. The van der Waals surface area contributed by atoms with Crippen LogP contribution in [0.1, 0.15) is 37.2 Å². The molecular formula is C15H19N2O2-. The Morgan fingerprint density at radius 3 is 2.63 bits per heavy atom. The number of carbonyl (C=O) groups is 1. The van der Waals surface area contributed by atoms with Crippen LogP contribution >= 0.6 is 0 Å². The van der Waals surface area contributed by atoms with E-state index in [1.807, 2.05) is 19.9 Å². The fourth-order valence-corrected chi connectivity index (χ4v) is 2.00. The first-order valence-electron chi connectivity index (χ1n) is 6.36. The quantitative estimate of drug-likeness (QED) is 0.598. The largest absolute Gasteiger partial charge is 0.544 e. The highest BCUT2D eigenvalue weighted by Crippen LogP contribution is 2.19. The molecule has 0 bridgehead atoms. The van der Waals surface area contributed by atoms with E-state index in [0.29, 0.717) is 5.92 Å². The van der Waals surface area contributed by atoms with Gasteiger partial charge in [0.2, 0.25) is 0 Å². The smallest absolute Gasteiger partial charge is 0.101 e. The maximum atomic E-state index is 10.7. The maximum absolute atomic E-state index is 10.7. The molecule has 4 nitrogen and oxygen atoms in total. The topological polar surface area (TPSA) is 68.8 Å². The lowest BCUT2D eigenvalue weighted by Crippen LogP contribution is -2.23. The van der Waals surface area contributed by atoms with Crippen molar-refractivity contribution in [1.29, 1.82) is 5.26 Å². The van der Waals surface area contributed by atoms with Crippen molar-refractivity contribution in [2.75, 3.05) is 0 Å². The van der Waals surface area contributed by atoms with Crippen molar-refractivity contribution in [3.63, 3.8) is 0 Å². The van der Waals surface area contributed by atoms with Gasteiger partial charge in [-0.25, -0.2) is 0 Å². The number of rotatable bonds is 5. The standard InChI is InChI=1S/C15H20N2O2/c1-10(2)5-6-17-11(3)7-13(12(17)4)8-14(9-16)15(18)19/h7-8,10H,5-6H2,1-4H3,(H,18,19)/p-1/b14-8+. The predicted octanol–water partition coefficient (Wildman–Crippen LogP) is 1.81. The molecule has 0 amide bonds. The van der Waals surface area contributed by atoms with Crippen molar-refractivity contribution in [3.05, 3.63) is 28.6 Å². The molecular weight excluding hydrogens is 240 g/mol. The van der Waals surface area contributed by atoms with E-state index in [4.69, 9.17) is 5.26 Å². The van der Waals surface area contributed by atoms with E-state index in [0.717, 1.165) is 29.9 Å². The summed E-state index contributed by atoms with van der Waals surface area (Å²) in [7, 11) is 0. The third kappa shape index (κ3) is 3.72. The highest BCUT2D eigenvalue weighted by Gasteiger charge is 2.09. The molecule has 0 aliphatic carbocycles. The molecule has 0 saturated heterocycles. The Hall–Kier alpha value is -2.02. The van der Waals surface area contributed by atoms with E-state index in [1.165, 1.54) is 6.08 Å². The summed E-state index contributed by atoms with van der Waals surface area (Å²) in [5.41, 5.74) is 2.47. The molecule has 1 heterocycles. The maximum Gasteiger partial charge on any atom is 0.101 e. The summed E-state index contributed by atoms with van der Waals surface area (Å²) in [6.07, 6.45) is 2.44. The number of hydrogen-bond donors (Lipinski definition) is 0. The first-order valence-corrected chi connectivity index (χ1v) is 6.36. The molecule has 0 radical (unpaired) electrons. The average Bonchev–Trinajstić information content (AvgIpc) is 2.58. The number of aromatic nitrogens is 1. The third-order valence-corrected chi connectivity index (χ3v) is 3.18. The summed E-state index contributed by atoms with van der Waals surface area (Å²) in [5, 5.41) is 19.5. The van der Waals surface area contributed by atoms with Gasteiger partial charge >= 0.3 is 0 Å². The molecule has 0 N–H and O–H groups in total. The van der Waals surface area contributed by atoms with Gasteiger partial charge in [-0.15, -0.1) is 0 Å². The van der Waals surface area contributed by atoms with Crippen LogP contribution in [0.5, 0.6) is 0 Å². The summed E-state index contributed by atoms with van der Waals surface area (Å²) in [6, 6.07) is 3.54. The monoisotopic (exact) mass is 259 g/mol. The Labute approximate surface area is 114 Å². The average molecular weight is 259 g/mol. The molecule has 0 spiro atoms. The number of carboxylic acids is 1. The zero-order valence-corrected chi connectivity index (χ0v) is 11.9. The van der Waals surface area contributed by atoms with Crippen LogP contribution in [0.3, 0.4) is 0 Å². The van der Waals surface area contributed by atoms with Crippen LogP contribution < -0.4 is 5.11 Å². The van der Waals surface area contributed by atoms with E-state index in [2.05, 4.69) is 18.4 Å². The SMILES string of the molecule is Cc1cc(/C=C(\C#N)C(=O)[O-])c(C)n1CCC(C)C. The minimum Gasteiger partial charge on any atom is -0.544 e. The highest BCUT2D eigenvalue weighted by molar-refractivity contribution is 5.95. The van der Waals surface area contributed by atoms with Crippen LogP contribution in [0.4, 0.5) is 0 Å². The second kappa shape index (κ2) is 6.24. The van der Waals surface area contributed by atoms with Crippen molar-refractivity contribution in [1.82, 2.24) is 4.57 Å². The summed E-state index contributed by atoms with van der Waals surface area (Å²) in [6.45, 7) is 9.15. The number of nitrogens with zero attached hydrogens (tertiary/aromatic N) is 2. The minimum absolute atomic E-state index is 0.343. The molecule has 1 rings (SSSR count). The molecule has 0 saturated carbocycles. The van der Waals surface area contributed by atoms with Crippen molar-refractivity contribution in [3.8, 4) is 6.07 Å². The van der Waals surface area contributed by atoms with Crippen molar-refractivity contribution in [2.45, 2.75) is 40.7 Å². The summed E-state index contributed by atoms with van der Waals surface area (Å²) < 4.78 is 2.15. The minimum atomic E-state index is -1.44. The van der Waals surface area contributed by atoms with Gasteiger partial charge in [0, 0.05) is 17.9 Å². The summed E-state index contributed by atoms with van der Waals surface area (Å²) in [4.78, 5) is 10.7. The molecule has 0 unspecified atom stereocenters. The molecule has 1 aromatic rings. The van der Waals surface area contributed by atoms with Gasteiger partial charge in [0.1, 0.15) is 6.07 Å². The van der Waals surface area contributed by atoms with E-state index in [1.54, 1.807) is 6.07 Å². The normalized spacial score (nSPS) is 11.7. The first kappa shape index (κ1) is 15.0. The zero-order valence-electron chi connectivity index (χ0n) is 11.9. The number of nitriles is 1. The molecule has 19 heavy (non-hydrogen) atoms. The Bertz CT molecular complexity index is 545. The van der Waals surface area contributed by atoms with Crippen molar-refractivity contribution in [2.24, 2.45) is 5.92 Å². The number of carboxylic acid groups (broad SMARTS) is 1. The molecule has 0 aromatic carbocycles. The Balaban J connectivity index is 3.09. The number of aliphatic carboxylic acids is 1. The second-order valence-electron chi connectivity index (χ2n) is 5.12. The molecule has 0 aliphatic heterocycles. The molecule has 4 heteroatoms. The van der Waals surface area contributed by atoms with Gasteiger partial charge in [-0.3, -0.25) is 0 Å². The number of hydrogen-bond acceptors (Lipinski definition) is 3. The summed E-state index contributed by atoms with van der Waals surface area (Å²) >= 11 is 0. The lowest BCUT2D eigenvalue weighted by atomic mass is 10.1. The molecule has 0 aliphatic rings. The van der Waals surface area contributed by atoms with Crippen molar-refractivity contribution >= 4 is 12.0 Å². The van der Waals surface area contributed by atoms with Gasteiger partial charge in [0.05, 0.1) is 11.5 Å². The van der Waals surface area contributed by atoms with Crippen molar-refractivity contribution < 1.29 is 9.90 Å². The van der Waals surface area contributed by atoms with Gasteiger partial charge in [-0.1, -0.05) is 13.8 Å². The lowest BCUT2D eigenvalue weighted by molar-refractivity contribution is -0.298.